The minimum atomic E-state index is -0.822. The number of aryl methyl sites for hydroxylation is 1. The molecule has 23 heavy (non-hydrogen) atoms. The number of aliphatic hydroxyl groups is 1. The van der Waals surface area contributed by atoms with Crippen LogP contribution in [0.5, 0.6) is 0 Å². The van der Waals surface area contributed by atoms with E-state index in [1.54, 1.807) is 14.0 Å². The summed E-state index contributed by atoms with van der Waals surface area (Å²) in [6.45, 7) is 1.94. The topological polar surface area (TPSA) is 112 Å². The van der Waals surface area contributed by atoms with E-state index in [-0.39, 0.29) is 13.2 Å². The summed E-state index contributed by atoms with van der Waals surface area (Å²) in [5.41, 5.74) is -0.701. The largest absolute Gasteiger partial charge is 0.394 e. The lowest BCUT2D eigenvalue weighted by molar-refractivity contribution is -0.0846. The van der Waals surface area contributed by atoms with Crippen molar-refractivity contribution >= 4 is 0 Å². The van der Waals surface area contributed by atoms with Gasteiger partial charge in [0.15, 0.2) is 6.23 Å². The van der Waals surface area contributed by atoms with Gasteiger partial charge in [0.25, 0.3) is 5.56 Å². The molecule has 0 amide bonds. The first-order valence-corrected chi connectivity index (χ1v) is 7.25. The Morgan fingerprint density at radius 3 is 2.65 bits per heavy atom. The van der Waals surface area contributed by atoms with Crippen LogP contribution in [-0.2, 0) is 18.9 Å². The number of hydrogen-bond donors (Lipinski definition) is 2. The van der Waals surface area contributed by atoms with E-state index >= 15 is 0 Å². The van der Waals surface area contributed by atoms with Crippen LogP contribution >= 0.6 is 0 Å². The number of aromatic nitrogens is 2. The summed E-state index contributed by atoms with van der Waals surface area (Å²) in [6.07, 6.45) is -1.24. The van der Waals surface area contributed by atoms with E-state index in [0.29, 0.717) is 12.2 Å². The van der Waals surface area contributed by atoms with E-state index in [4.69, 9.17) is 18.9 Å². The molecule has 4 atom stereocenters. The van der Waals surface area contributed by atoms with Crippen LogP contribution in [-0.4, -0.2) is 67.0 Å². The minimum absolute atomic E-state index is 0.274. The summed E-state index contributed by atoms with van der Waals surface area (Å²) in [7, 11) is 3.03. The van der Waals surface area contributed by atoms with E-state index in [0.717, 1.165) is 0 Å². The summed E-state index contributed by atoms with van der Waals surface area (Å²) < 4.78 is 23.0. The van der Waals surface area contributed by atoms with Crippen molar-refractivity contribution in [1.82, 2.24) is 9.55 Å². The number of aromatic amines is 1. The lowest BCUT2D eigenvalue weighted by Crippen LogP contribution is -2.41. The number of hydrogen-bond acceptors (Lipinski definition) is 7. The first kappa shape index (κ1) is 17.8. The average molecular weight is 330 g/mol. The maximum atomic E-state index is 12.1. The lowest BCUT2D eigenvalue weighted by atomic mass is 10.1. The molecule has 1 aliphatic heterocycles. The van der Waals surface area contributed by atoms with Crippen LogP contribution in [0.1, 0.15) is 11.8 Å². The van der Waals surface area contributed by atoms with E-state index in [2.05, 4.69) is 4.98 Å². The van der Waals surface area contributed by atoms with Gasteiger partial charge in [0, 0.05) is 26.0 Å². The molecule has 2 N–H and O–H groups in total. The number of methoxy groups -OCH3 is 2. The maximum Gasteiger partial charge on any atom is 0.330 e. The van der Waals surface area contributed by atoms with E-state index in [1.165, 1.54) is 17.9 Å². The first-order valence-electron chi connectivity index (χ1n) is 7.25. The molecule has 1 aromatic rings. The second kappa shape index (κ2) is 7.84. The van der Waals surface area contributed by atoms with Crippen molar-refractivity contribution in [3.8, 4) is 0 Å². The monoisotopic (exact) mass is 330 g/mol. The molecule has 1 aliphatic rings. The van der Waals surface area contributed by atoms with Gasteiger partial charge in [-0.15, -0.1) is 0 Å². The Bertz CT molecular complexity index is 626. The van der Waals surface area contributed by atoms with Crippen molar-refractivity contribution in [3.05, 3.63) is 32.6 Å². The van der Waals surface area contributed by atoms with E-state index in [9.17, 15) is 14.7 Å². The fourth-order valence-corrected chi connectivity index (χ4v) is 2.58. The van der Waals surface area contributed by atoms with Crippen molar-refractivity contribution in [2.45, 2.75) is 31.5 Å². The Kier molecular flexibility index (Phi) is 6.08. The van der Waals surface area contributed by atoms with Crippen molar-refractivity contribution in [1.29, 1.82) is 0 Å². The normalized spacial score (nSPS) is 27.5. The van der Waals surface area contributed by atoms with Gasteiger partial charge in [0.2, 0.25) is 0 Å². The number of rotatable bonds is 7. The summed E-state index contributed by atoms with van der Waals surface area (Å²) in [6, 6.07) is 0. The summed E-state index contributed by atoms with van der Waals surface area (Å²) >= 11 is 0. The van der Waals surface area contributed by atoms with Crippen LogP contribution in [0.25, 0.3) is 0 Å². The van der Waals surface area contributed by atoms with Crippen molar-refractivity contribution < 1.29 is 24.1 Å². The predicted octanol–water partition coefficient (Wildman–Crippen LogP) is -1.22. The summed E-state index contributed by atoms with van der Waals surface area (Å²) in [4.78, 5) is 25.8. The lowest BCUT2D eigenvalue weighted by Gasteiger charge is -2.24. The number of nitrogens with one attached hydrogen (secondary N) is 1. The van der Waals surface area contributed by atoms with Gasteiger partial charge in [-0.1, -0.05) is 0 Å². The Morgan fingerprint density at radius 1 is 1.30 bits per heavy atom. The van der Waals surface area contributed by atoms with Crippen molar-refractivity contribution in [2.75, 3.05) is 34.0 Å². The Balaban J connectivity index is 2.35. The molecule has 9 nitrogen and oxygen atoms in total. The SMILES string of the molecule is COCCOC1[C@@H](OC)[C@@H](CO)O[C@H]1n1cc(C)c(=O)[nH]c1=O. The number of nitrogens with zero attached hydrogens (tertiary/aromatic N) is 1. The van der Waals surface area contributed by atoms with Gasteiger partial charge in [-0.3, -0.25) is 14.3 Å². The number of ether oxygens (including phenoxy) is 4. The second-order valence-electron chi connectivity index (χ2n) is 5.25. The van der Waals surface area contributed by atoms with Crippen LogP contribution in [0, 0.1) is 6.92 Å². The number of H-pyrrole nitrogens is 1. The molecular formula is C14H22N2O7. The zero-order chi connectivity index (χ0) is 17.0. The fourth-order valence-electron chi connectivity index (χ4n) is 2.58. The van der Waals surface area contributed by atoms with Crippen molar-refractivity contribution in [3.63, 3.8) is 0 Å². The van der Waals surface area contributed by atoms with Crippen LogP contribution in [0.15, 0.2) is 15.8 Å². The molecule has 0 radical (unpaired) electrons. The van der Waals surface area contributed by atoms with Gasteiger partial charge in [-0.2, -0.15) is 0 Å². The third-order valence-electron chi connectivity index (χ3n) is 3.76. The molecule has 9 heteroatoms. The zero-order valence-corrected chi connectivity index (χ0v) is 13.4. The van der Waals surface area contributed by atoms with Crippen LogP contribution < -0.4 is 11.2 Å². The Labute approximate surface area is 132 Å². The van der Waals surface area contributed by atoms with Crippen LogP contribution in [0.4, 0.5) is 0 Å². The number of aliphatic hydroxyl groups excluding tert-OH is 1. The molecule has 2 heterocycles. The quantitative estimate of drug-likeness (QED) is 0.603. The maximum absolute atomic E-state index is 12.1. The highest BCUT2D eigenvalue weighted by atomic mass is 16.6. The summed E-state index contributed by atoms with van der Waals surface area (Å²) in [5.74, 6) is 0. The molecule has 0 saturated carbocycles. The first-order chi connectivity index (χ1) is 11.0. The molecule has 1 unspecified atom stereocenters. The molecule has 2 rings (SSSR count). The molecule has 1 aromatic heterocycles. The standard InChI is InChI=1S/C14H22N2O7/c1-8-6-16(14(19)15-12(8)18)13-11(22-5-4-20-2)10(21-3)9(7-17)23-13/h6,9-11,13,17H,4-5,7H2,1-3H3,(H,15,18,19)/t9-,10+,11?,13-/m1/s1. The van der Waals surface area contributed by atoms with Gasteiger partial charge in [-0.25, -0.2) is 4.79 Å². The molecule has 130 valence electrons. The average Bonchev–Trinajstić information content (AvgIpc) is 2.88. The van der Waals surface area contributed by atoms with Gasteiger partial charge < -0.3 is 24.1 Å². The Morgan fingerprint density at radius 2 is 2.04 bits per heavy atom. The van der Waals surface area contributed by atoms with Crippen LogP contribution in [0.3, 0.4) is 0 Å². The highest BCUT2D eigenvalue weighted by Crippen LogP contribution is 2.32. The summed E-state index contributed by atoms with van der Waals surface area (Å²) in [5, 5.41) is 9.46. The fraction of sp³-hybridized carbons (Fsp3) is 0.714. The van der Waals surface area contributed by atoms with Crippen LogP contribution in [0.2, 0.25) is 0 Å². The van der Waals surface area contributed by atoms with E-state index < -0.39 is 35.8 Å². The third kappa shape index (κ3) is 3.70. The van der Waals surface area contributed by atoms with Crippen molar-refractivity contribution in [2.24, 2.45) is 0 Å². The van der Waals surface area contributed by atoms with Gasteiger partial charge in [0.1, 0.15) is 18.3 Å². The highest BCUT2D eigenvalue weighted by molar-refractivity contribution is 5.03. The molecular weight excluding hydrogens is 308 g/mol. The third-order valence-corrected chi connectivity index (χ3v) is 3.76. The molecule has 0 spiro atoms. The van der Waals surface area contributed by atoms with E-state index in [1.807, 2.05) is 0 Å². The molecule has 0 aliphatic carbocycles. The second-order valence-corrected chi connectivity index (χ2v) is 5.25. The molecule has 1 fully saturated rings. The minimum Gasteiger partial charge on any atom is -0.394 e. The predicted molar refractivity (Wildman–Crippen MR) is 79.5 cm³/mol. The highest BCUT2D eigenvalue weighted by Gasteiger charge is 2.46. The smallest absolute Gasteiger partial charge is 0.330 e. The molecule has 0 aromatic carbocycles. The van der Waals surface area contributed by atoms with Gasteiger partial charge >= 0.3 is 5.69 Å². The molecule has 0 bridgehead atoms. The van der Waals surface area contributed by atoms with Gasteiger partial charge in [0.05, 0.1) is 19.8 Å². The Hall–Kier alpha value is -1.52. The zero-order valence-electron chi connectivity index (χ0n) is 13.4. The molecule has 1 saturated heterocycles. The van der Waals surface area contributed by atoms with Gasteiger partial charge in [-0.05, 0) is 6.92 Å².